The molecule has 2 atom stereocenters. The molecular weight excluding hydrogens is 236 g/mol. The fourth-order valence-corrected chi connectivity index (χ4v) is 2.26. The molecule has 0 unspecified atom stereocenters. The fourth-order valence-electron chi connectivity index (χ4n) is 2.26. The van der Waals surface area contributed by atoms with Gasteiger partial charge in [0.15, 0.2) is 0 Å². The van der Waals surface area contributed by atoms with Crippen molar-refractivity contribution in [1.29, 1.82) is 0 Å². The molecule has 1 fully saturated rings. The van der Waals surface area contributed by atoms with Crippen molar-refractivity contribution < 1.29 is 15.1 Å². The highest BCUT2D eigenvalue weighted by Crippen LogP contribution is 2.23. The number of hydrogen-bond acceptors (Lipinski definition) is 5. The van der Waals surface area contributed by atoms with Crippen LogP contribution in [0.25, 0.3) is 0 Å². The van der Waals surface area contributed by atoms with E-state index in [-0.39, 0.29) is 5.69 Å². The Balaban J connectivity index is 2.15. The van der Waals surface area contributed by atoms with E-state index in [0.29, 0.717) is 25.2 Å². The smallest absolute Gasteiger partial charge is 0.272 e. The molecule has 1 aliphatic heterocycles. The van der Waals surface area contributed by atoms with Crippen LogP contribution in [-0.2, 0) is 6.54 Å². The van der Waals surface area contributed by atoms with E-state index in [9.17, 15) is 20.3 Å². The second kappa shape index (κ2) is 5.01. The number of nitro benzene ring substituents is 1. The maximum absolute atomic E-state index is 10.8. The predicted molar refractivity (Wildman–Crippen MR) is 65.1 cm³/mol. The summed E-state index contributed by atoms with van der Waals surface area (Å²) in [7, 11) is 0. The maximum Gasteiger partial charge on any atom is 0.272 e. The fraction of sp³-hybridized carbons (Fsp3) is 0.500. The highest BCUT2D eigenvalue weighted by Gasteiger charge is 2.29. The lowest BCUT2D eigenvalue weighted by Gasteiger charge is -2.16. The number of β-amino-alcohol motifs (C(OH)–C–C–N with tert-alkyl or cyclic N) is 2. The van der Waals surface area contributed by atoms with Gasteiger partial charge in [0, 0.05) is 31.3 Å². The van der Waals surface area contributed by atoms with Crippen LogP contribution in [0.2, 0.25) is 0 Å². The first kappa shape index (κ1) is 12.9. The van der Waals surface area contributed by atoms with E-state index in [1.54, 1.807) is 13.0 Å². The van der Waals surface area contributed by atoms with Crippen molar-refractivity contribution in [3.05, 3.63) is 39.4 Å². The third-order valence-electron chi connectivity index (χ3n) is 3.34. The van der Waals surface area contributed by atoms with Gasteiger partial charge in [-0.05, 0) is 12.5 Å². The van der Waals surface area contributed by atoms with Gasteiger partial charge in [-0.2, -0.15) is 0 Å². The summed E-state index contributed by atoms with van der Waals surface area (Å²) < 4.78 is 0. The minimum atomic E-state index is -0.732. The zero-order chi connectivity index (χ0) is 13.3. The van der Waals surface area contributed by atoms with Gasteiger partial charge in [0.2, 0.25) is 0 Å². The molecule has 0 spiro atoms. The lowest BCUT2D eigenvalue weighted by Crippen LogP contribution is -2.22. The number of benzene rings is 1. The number of rotatable bonds is 3. The highest BCUT2D eigenvalue weighted by molar-refractivity contribution is 5.44. The van der Waals surface area contributed by atoms with E-state index in [1.165, 1.54) is 6.07 Å². The van der Waals surface area contributed by atoms with Crippen LogP contribution in [0.5, 0.6) is 0 Å². The lowest BCUT2D eigenvalue weighted by molar-refractivity contribution is -0.385. The normalized spacial score (nSPS) is 24.4. The summed E-state index contributed by atoms with van der Waals surface area (Å²) in [6.45, 7) is 3.00. The molecule has 1 aromatic carbocycles. The topological polar surface area (TPSA) is 86.8 Å². The van der Waals surface area contributed by atoms with Gasteiger partial charge in [-0.3, -0.25) is 15.0 Å². The monoisotopic (exact) mass is 252 g/mol. The Morgan fingerprint density at radius 3 is 2.56 bits per heavy atom. The van der Waals surface area contributed by atoms with Crippen molar-refractivity contribution in [2.75, 3.05) is 13.1 Å². The van der Waals surface area contributed by atoms with Crippen molar-refractivity contribution >= 4 is 5.69 Å². The van der Waals surface area contributed by atoms with Gasteiger partial charge in [-0.25, -0.2) is 0 Å². The molecule has 1 aromatic rings. The zero-order valence-electron chi connectivity index (χ0n) is 10.1. The van der Waals surface area contributed by atoms with Crippen molar-refractivity contribution in [2.45, 2.75) is 25.7 Å². The Kier molecular flexibility index (Phi) is 3.60. The van der Waals surface area contributed by atoms with Crippen LogP contribution in [0.1, 0.15) is 11.1 Å². The number of aliphatic hydroxyl groups is 2. The molecule has 6 heteroatoms. The third kappa shape index (κ3) is 2.50. The minimum absolute atomic E-state index is 0.104. The van der Waals surface area contributed by atoms with Crippen LogP contribution >= 0.6 is 0 Å². The largest absolute Gasteiger partial charge is 0.389 e. The predicted octanol–water partition coefficient (Wildman–Crippen LogP) is 0.441. The molecule has 0 bridgehead atoms. The molecule has 0 saturated carbocycles. The molecule has 18 heavy (non-hydrogen) atoms. The molecule has 98 valence electrons. The molecule has 0 aliphatic carbocycles. The molecule has 2 rings (SSSR count). The van der Waals surface area contributed by atoms with Gasteiger partial charge < -0.3 is 10.2 Å². The molecule has 1 aliphatic rings. The third-order valence-corrected chi connectivity index (χ3v) is 3.34. The highest BCUT2D eigenvalue weighted by atomic mass is 16.6. The Bertz CT molecular complexity index is 453. The molecule has 2 N–H and O–H groups in total. The first-order valence-corrected chi connectivity index (χ1v) is 5.80. The van der Waals surface area contributed by atoms with Gasteiger partial charge in [0.05, 0.1) is 17.1 Å². The number of nitro groups is 1. The lowest BCUT2D eigenvalue weighted by atomic mass is 10.1. The van der Waals surface area contributed by atoms with Gasteiger partial charge in [-0.15, -0.1) is 0 Å². The SMILES string of the molecule is Cc1c(CN2C[C@@H](O)[C@@H](O)C2)cccc1[N+](=O)[O-]. The maximum atomic E-state index is 10.8. The van der Waals surface area contributed by atoms with E-state index in [1.807, 2.05) is 11.0 Å². The van der Waals surface area contributed by atoms with E-state index in [4.69, 9.17) is 0 Å². The Morgan fingerprint density at radius 2 is 2.00 bits per heavy atom. The molecule has 0 aromatic heterocycles. The van der Waals surface area contributed by atoms with Crippen LogP contribution in [0, 0.1) is 17.0 Å². The summed E-state index contributed by atoms with van der Waals surface area (Å²) in [6, 6.07) is 4.97. The number of hydrogen-bond donors (Lipinski definition) is 2. The van der Waals surface area contributed by atoms with E-state index < -0.39 is 17.1 Å². The summed E-state index contributed by atoms with van der Waals surface area (Å²) in [4.78, 5) is 12.3. The first-order valence-electron chi connectivity index (χ1n) is 5.80. The Hall–Kier alpha value is -1.50. The van der Waals surface area contributed by atoms with Gasteiger partial charge in [0.25, 0.3) is 5.69 Å². The number of likely N-dealkylation sites (tertiary alicyclic amines) is 1. The van der Waals surface area contributed by atoms with Crippen LogP contribution in [0.15, 0.2) is 18.2 Å². The summed E-state index contributed by atoms with van der Waals surface area (Å²) >= 11 is 0. The Morgan fingerprint density at radius 1 is 1.39 bits per heavy atom. The van der Waals surface area contributed by atoms with Crippen LogP contribution < -0.4 is 0 Å². The quantitative estimate of drug-likeness (QED) is 0.602. The van der Waals surface area contributed by atoms with Crippen molar-refractivity contribution in [3.8, 4) is 0 Å². The van der Waals surface area contributed by atoms with Gasteiger partial charge in [0.1, 0.15) is 0 Å². The summed E-state index contributed by atoms with van der Waals surface area (Å²) in [5, 5.41) is 29.7. The second-order valence-electron chi connectivity index (χ2n) is 4.65. The van der Waals surface area contributed by atoms with E-state index in [0.717, 1.165) is 5.56 Å². The average Bonchev–Trinajstić information content (AvgIpc) is 2.60. The second-order valence-corrected chi connectivity index (χ2v) is 4.65. The molecule has 1 heterocycles. The van der Waals surface area contributed by atoms with Crippen molar-refractivity contribution in [1.82, 2.24) is 4.90 Å². The van der Waals surface area contributed by atoms with Crippen LogP contribution in [0.3, 0.4) is 0 Å². The van der Waals surface area contributed by atoms with Gasteiger partial charge >= 0.3 is 0 Å². The summed E-state index contributed by atoms with van der Waals surface area (Å²) in [5.74, 6) is 0. The molecule has 0 radical (unpaired) electrons. The van der Waals surface area contributed by atoms with Gasteiger partial charge in [-0.1, -0.05) is 12.1 Å². The number of aliphatic hydroxyl groups excluding tert-OH is 2. The first-order chi connectivity index (χ1) is 8.49. The molecular formula is C12H16N2O4. The molecule has 6 nitrogen and oxygen atoms in total. The molecule has 0 amide bonds. The summed E-state index contributed by atoms with van der Waals surface area (Å²) in [6.07, 6.45) is -1.46. The Labute approximate surface area is 105 Å². The standard InChI is InChI=1S/C12H16N2O4/c1-8-9(3-2-4-10(8)14(17)18)5-13-6-11(15)12(16)7-13/h2-4,11-12,15-16H,5-7H2,1H3/t11-,12+. The number of nitrogens with zero attached hydrogens (tertiary/aromatic N) is 2. The zero-order valence-corrected chi connectivity index (χ0v) is 10.1. The average molecular weight is 252 g/mol. The summed E-state index contributed by atoms with van der Waals surface area (Å²) in [5.41, 5.74) is 1.59. The van der Waals surface area contributed by atoms with E-state index >= 15 is 0 Å². The van der Waals surface area contributed by atoms with Crippen molar-refractivity contribution in [3.63, 3.8) is 0 Å². The van der Waals surface area contributed by atoms with Crippen LogP contribution in [0.4, 0.5) is 5.69 Å². The van der Waals surface area contributed by atoms with Crippen LogP contribution in [-0.4, -0.2) is 45.3 Å². The van der Waals surface area contributed by atoms with Crippen molar-refractivity contribution in [2.24, 2.45) is 0 Å². The minimum Gasteiger partial charge on any atom is -0.389 e. The van der Waals surface area contributed by atoms with E-state index in [2.05, 4.69) is 0 Å². The molecule has 1 saturated heterocycles.